The maximum absolute atomic E-state index is 11.8. The standard InChI is InChI=1S/C16H18N2O2/c19-15(12-4-2-1-3-5-12)18-16(20)17-10-14-9-11-6-7-13(14)8-11/h1-7,11,13-14H,8-10H2,(H2,17,18,19,20)/t11-,13-,14+/m0/s1. The fraction of sp³-hybridized carbons (Fsp3) is 0.375. The number of allylic oxidation sites excluding steroid dienone is 2. The van der Waals surface area contributed by atoms with Crippen LogP contribution in [0.15, 0.2) is 42.5 Å². The predicted octanol–water partition coefficient (Wildman–Crippen LogP) is 2.34. The zero-order valence-corrected chi connectivity index (χ0v) is 11.2. The lowest BCUT2D eigenvalue weighted by Gasteiger charge is -2.18. The first kappa shape index (κ1) is 12.9. The first-order valence-corrected chi connectivity index (χ1v) is 7.05. The number of carbonyl (C=O) groups excluding carboxylic acids is 2. The monoisotopic (exact) mass is 270 g/mol. The van der Waals surface area contributed by atoms with Gasteiger partial charge < -0.3 is 5.32 Å². The SMILES string of the molecule is O=C(NC[C@H]1C[C@H]2C=C[C@H]1C2)NC(=O)c1ccccc1. The second kappa shape index (κ2) is 5.49. The highest BCUT2D eigenvalue weighted by Crippen LogP contribution is 2.42. The average Bonchev–Trinajstić information content (AvgIpc) is 3.08. The highest BCUT2D eigenvalue weighted by Gasteiger charge is 2.35. The van der Waals surface area contributed by atoms with E-state index in [2.05, 4.69) is 22.8 Å². The summed E-state index contributed by atoms with van der Waals surface area (Å²) >= 11 is 0. The van der Waals surface area contributed by atoms with Crippen LogP contribution in [-0.4, -0.2) is 18.5 Å². The van der Waals surface area contributed by atoms with Crippen LogP contribution in [0.5, 0.6) is 0 Å². The summed E-state index contributed by atoms with van der Waals surface area (Å²) in [5.74, 6) is 1.45. The topological polar surface area (TPSA) is 58.2 Å². The largest absolute Gasteiger partial charge is 0.337 e. The third-order valence-electron chi connectivity index (χ3n) is 4.20. The number of urea groups is 1. The molecule has 20 heavy (non-hydrogen) atoms. The highest BCUT2D eigenvalue weighted by atomic mass is 16.2. The summed E-state index contributed by atoms with van der Waals surface area (Å²) in [6.07, 6.45) is 6.90. The van der Waals surface area contributed by atoms with Gasteiger partial charge in [0.1, 0.15) is 0 Å². The van der Waals surface area contributed by atoms with Gasteiger partial charge in [-0.15, -0.1) is 0 Å². The molecule has 0 saturated heterocycles. The summed E-state index contributed by atoms with van der Waals surface area (Å²) in [6.45, 7) is 0.638. The van der Waals surface area contributed by atoms with Crippen molar-refractivity contribution in [3.05, 3.63) is 48.0 Å². The Bertz CT molecular complexity index is 539. The molecule has 1 aromatic rings. The molecular weight excluding hydrogens is 252 g/mol. The van der Waals surface area contributed by atoms with Crippen molar-refractivity contribution >= 4 is 11.9 Å². The van der Waals surface area contributed by atoms with E-state index in [1.807, 2.05) is 6.07 Å². The lowest BCUT2D eigenvalue weighted by atomic mass is 9.94. The van der Waals surface area contributed by atoms with Crippen LogP contribution in [0.1, 0.15) is 23.2 Å². The highest BCUT2D eigenvalue weighted by molar-refractivity contribution is 6.04. The number of hydrogen-bond acceptors (Lipinski definition) is 2. The molecule has 104 valence electrons. The summed E-state index contributed by atoms with van der Waals surface area (Å²) in [6, 6.07) is 8.33. The van der Waals surface area contributed by atoms with Crippen molar-refractivity contribution in [3.8, 4) is 0 Å². The minimum Gasteiger partial charge on any atom is -0.337 e. The van der Waals surface area contributed by atoms with E-state index in [4.69, 9.17) is 0 Å². The van der Waals surface area contributed by atoms with Crippen molar-refractivity contribution in [2.24, 2.45) is 17.8 Å². The first-order chi connectivity index (χ1) is 9.72. The number of fused-ring (bicyclic) bond motifs is 2. The van der Waals surface area contributed by atoms with Crippen molar-refractivity contribution in [3.63, 3.8) is 0 Å². The Labute approximate surface area is 118 Å². The molecule has 3 atom stereocenters. The number of amides is 3. The molecule has 4 heteroatoms. The first-order valence-electron chi connectivity index (χ1n) is 7.05. The number of carbonyl (C=O) groups is 2. The Morgan fingerprint density at radius 2 is 1.90 bits per heavy atom. The van der Waals surface area contributed by atoms with Crippen molar-refractivity contribution in [1.29, 1.82) is 0 Å². The van der Waals surface area contributed by atoms with Crippen molar-refractivity contribution in [1.82, 2.24) is 10.6 Å². The third-order valence-corrected chi connectivity index (χ3v) is 4.20. The minimum atomic E-state index is -0.411. The van der Waals surface area contributed by atoms with E-state index < -0.39 is 6.03 Å². The van der Waals surface area contributed by atoms with Gasteiger partial charge in [0.25, 0.3) is 5.91 Å². The lowest BCUT2D eigenvalue weighted by molar-refractivity contribution is 0.0963. The molecule has 0 heterocycles. The maximum Gasteiger partial charge on any atom is 0.321 e. The molecule has 0 unspecified atom stereocenters. The number of imide groups is 1. The van der Waals surface area contributed by atoms with Gasteiger partial charge in [-0.1, -0.05) is 30.4 Å². The van der Waals surface area contributed by atoms with Crippen molar-refractivity contribution < 1.29 is 9.59 Å². The van der Waals surface area contributed by atoms with Gasteiger partial charge >= 0.3 is 6.03 Å². The van der Waals surface area contributed by atoms with E-state index in [1.165, 1.54) is 6.42 Å². The molecule has 3 amide bonds. The molecule has 0 radical (unpaired) electrons. The molecule has 0 spiro atoms. The summed E-state index contributed by atoms with van der Waals surface area (Å²) in [5, 5.41) is 5.16. The van der Waals surface area contributed by atoms with E-state index >= 15 is 0 Å². The fourth-order valence-electron chi connectivity index (χ4n) is 3.16. The second-order valence-electron chi connectivity index (χ2n) is 5.57. The van der Waals surface area contributed by atoms with Gasteiger partial charge in [0, 0.05) is 12.1 Å². The van der Waals surface area contributed by atoms with Crippen LogP contribution >= 0.6 is 0 Å². The Balaban J connectivity index is 1.46. The average molecular weight is 270 g/mol. The predicted molar refractivity (Wildman–Crippen MR) is 76.2 cm³/mol. The van der Waals surface area contributed by atoms with Gasteiger partial charge in [0.15, 0.2) is 0 Å². The quantitative estimate of drug-likeness (QED) is 0.828. The number of rotatable bonds is 3. The molecule has 2 aliphatic rings. The van der Waals surface area contributed by atoms with Crippen LogP contribution in [-0.2, 0) is 0 Å². The molecule has 3 rings (SSSR count). The minimum absolute atomic E-state index is 0.365. The summed E-state index contributed by atoms with van der Waals surface area (Å²) < 4.78 is 0. The van der Waals surface area contributed by atoms with Crippen LogP contribution in [0.25, 0.3) is 0 Å². The maximum atomic E-state index is 11.8. The molecular formula is C16H18N2O2. The Kier molecular flexibility index (Phi) is 3.54. The Morgan fingerprint density at radius 1 is 1.10 bits per heavy atom. The fourth-order valence-corrected chi connectivity index (χ4v) is 3.16. The van der Waals surface area contributed by atoms with Crippen molar-refractivity contribution in [2.75, 3.05) is 6.54 Å². The molecule has 1 saturated carbocycles. The smallest absolute Gasteiger partial charge is 0.321 e. The number of hydrogen-bond donors (Lipinski definition) is 2. The normalized spacial score (nSPS) is 26.5. The van der Waals surface area contributed by atoms with Gasteiger partial charge in [0.05, 0.1) is 0 Å². The van der Waals surface area contributed by atoms with E-state index in [1.54, 1.807) is 24.3 Å². The lowest BCUT2D eigenvalue weighted by Crippen LogP contribution is -2.41. The van der Waals surface area contributed by atoms with Crippen LogP contribution in [0, 0.1) is 17.8 Å². The summed E-state index contributed by atoms with van der Waals surface area (Å²) in [7, 11) is 0. The van der Waals surface area contributed by atoms with Crippen LogP contribution in [0.4, 0.5) is 4.79 Å². The zero-order chi connectivity index (χ0) is 13.9. The van der Waals surface area contributed by atoms with Gasteiger partial charge in [0.2, 0.25) is 0 Å². The number of benzene rings is 1. The van der Waals surface area contributed by atoms with Crippen LogP contribution < -0.4 is 10.6 Å². The molecule has 0 aliphatic heterocycles. The zero-order valence-electron chi connectivity index (χ0n) is 11.2. The van der Waals surface area contributed by atoms with E-state index in [-0.39, 0.29) is 5.91 Å². The van der Waals surface area contributed by atoms with E-state index in [0.29, 0.717) is 29.9 Å². The van der Waals surface area contributed by atoms with Crippen LogP contribution in [0.2, 0.25) is 0 Å². The molecule has 0 aromatic heterocycles. The Hall–Kier alpha value is -2.10. The molecule has 1 aromatic carbocycles. The Morgan fingerprint density at radius 3 is 2.55 bits per heavy atom. The van der Waals surface area contributed by atoms with Crippen molar-refractivity contribution in [2.45, 2.75) is 12.8 Å². The van der Waals surface area contributed by atoms with Gasteiger partial charge in [-0.3, -0.25) is 10.1 Å². The van der Waals surface area contributed by atoms with E-state index in [0.717, 1.165) is 6.42 Å². The molecule has 2 N–H and O–H groups in total. The molecule has 1 fully saturated rings. The summed E-state index contributed by atoms with van der Waals surface area (Å²) in [5.41, 5.74) is 0.491. The van der Waals surface area contributed by atoms with Gasteiger partial charge in [-0.05, 0) is 42.7 Å². The summed E-state index contributed by atoms with van der Waals surface area (Å²) in [4.78, 5) is 23.5. The van der Waals surface area contributed by atoms with Gasteiger partial charge in [-0.25, -0.2) is 4.79 Å². The molecule has 2 bridgehead atoms. The molecule has 2 aliphatic carbocycles. The number of nitrogens with one attached hydrogen (secondary N) is 2. The van der Waals surface area contributed by atoms with Crippen LogP contribution in [0.3, 0.4) is 0 Å². The van der Waals surface area contributed by atoms with E-state index in [9.17, 15) is 9.59 Å². The second-order valence-corrected chi connectivity index (χ2v) is 5.57. The van der Waals surface area contributed by atoms with Gasteiger partial charge in [-0.2, -0.15) is 0 Å². The molecule has 4 nitrogen and oxygen atoms in total. The third kappa shape index (κ3) is 2.74.